The van der Waals surface area contributed by atoms with E-state index in [4.69, 9.17) is 4.74 Å². The van der Waals surface area contributed by atoms with Crippen molar-refractivity contribution in [3.8, 4) is 0 Å². The second kappa shape index (κ2) is 10.0. The minimum atomic E-state index is -3.71. The maximum atomic E-state index is 13.6. The number of carbonyl (C=O) groups excluding carboxylic acids is 2. The van der Waals surface area contributed by atoms with E-state index in [2.05, 4.69) is 0 Å². The Balaban J connectivity index is 1.44. The van der Waals surface area contributed by atoms with Gasteiger partial charge in [0.15, 0.2) is 5.78 Å². The Morgan fingerprint density at radius 1 is 1.17 bits per heavy atom. The molecule has 0 N–H and O–H groups in total. The third kappa shape index (κ3) is 4.38. The number of thiophene rings is 1. The molecule has 2 unspecified atom stereocenters. The molecule has 2 aromatic carbocycles. The monoisotopic (exact) mass is 526 g/mol. The van der Waals surface area contributed by atoms with E-state index in [1.54, 1.807) is 29.5 Å². The molecular weight excluding hydrogens is 496 g/mol. The zero-order valence-corrected chi connectivity index (χ0v) is 22.1. The zero-order valence-electron chi connectivity index (χ0n) is 20.5. The highest BCUT2D eigenvalue weighted by Crippen LogP contribution is 2.39. The van der Waals surface area contributed by atoms with Crippen molar-refractivity contribution >= 4 is 49.5 Å². The van der Waals surface area contributed by atoms with Gasteiger partial charge in [-0.2, -0.15) is 4.31 Å². The molecule has 0 radical (unpaired) electrons. The van der Waals surface area contributed by atoms with E-state index in [1.165, 1.54) is 15.6 Å². The Hall–Kier alpha value is -2.59. The molecule has 7 nitrogen and oxygen atoms in total. The number of Topliss-reactive ketones (excluding diaryl/α,β-unsaturated/α-hetero) is 1. The Morgan fingerprint density at radius 3 is 2.75 bits per heavy atom. The van der Waals surface area contributed by atoms with Gasteiger partial charge in [-0.1, -0.05) is 30.7 Å². The molecule has 5 rings (SSSR count). The number of rotatable bonds is 9. The molecule has 0 aliphatic carbocycles. The topological polar surface area (TPSA) is 84.0 Å². The van der Waals surface area contributed by atoms with E-state index in [1.807, 2.05) is 37.3 Å². The average molecular weight is 527 g/mol. The van der Waals surface area contributed by atoms with Crippen LogP contribution in [0.1, 0.15) is 48.5 Å². The third-order valence-electron chi connectivity index (χ3n) is 7.28. The normalized spacial score (nSPS) is 19.2. The quantitative estimate of drug-likeness (QED) is 0.406. The fraction of sp³-hybridized carbons (Fsp3) is 0.407. The summed E-state index contributed by atoms with van der Waals surface area (Å²) in [5, 5.41) is 3.48. The van der Waals surface area contributed by atoms with E-state index in [0.29, 0.717) is 31.5 Å². The first-order valence-electron chi connectivity index (χ1n) is 12.3. The predicted molar refractivity (Wildman–Crippen MR) is 141 cm³/mol. The summed E-state index contributed by atoms with van der Waals surface area (Å²) >= 11 is 1.18. The van der Waals surface area contributed by atoms with Gasteiger partial charge < -0.3 is 9.64 Å². The SMILES string of the molecule is COC(C)CCN1C(=O)c2cccc3c(CC(=O)C4CCCCN4S(=O)(=O)c4cccs4)ccc1c23. The van der Waals surface area contributed by atoms with Crippen LogP contribution in [0, 0.1) is 0 Å². The lowest BCUT2D eigenvalue weighted by Gasteiger charge is -2.33. The van der Waals surface area contributed by atoms with Gasteiger partial charge in [-0.3, -0.25) is 9.59 Å². The number of nitrogens with zero attached hydrogens (tertiary/aromatic N) is 2. The van der Waals surface area contributed by atoms with Crippen molar-refractivity contribution in [2.45, 2.75) is 55.4 Å². The zero-order chi connectivity index (χ0) is 25.4. The number of methoxy groups -OCH3 is 1. The summed E-state index contributed by atoms with van der Waals surface area (Å²) in [4.78, 5) is 28.5. The van der Waals surface area contributed by atoms with Gasteiger partial charge in [0.25, 0.3) is 15.9 Å². The largest absolute Gasteiger partial charge is 0.382 e. The highest BCUT2D eigenvalue weighted by Gasteiger charge is 2.38. The Kier molecular flexibility index (Phi) is 7.00. The van der Waals surface area contributed by atoms with E-state index in [9.17, 15) is 18.0 Å². The molecule has 36 heavy (non-hydrogen) atoms. The molecule has 1 aromatic heterocycles. The second-order valence-corrected chi connectivity index (χ2v) is 12.5. The maximum Gasteiger partial charge on any atom is 0.258 e. The number of hydrogen-bond donors (Lipinski definition) is 0. The molecule has 1 amide bonds. The number of ether oxygens (including phenoxy) is 1. The van der Waals surface area contributed by atoms with Crippen molar-refractivity contribution in [2.24, 2.45) is 0 Å². The molecular formula is C27H30N2O5S2. The van der Waals surface area contributed by atoms with Gasteiger partial charge in [0.05, 0.1) is 17.8 Å². The number of benzene rings is 2. The van der Waals surface area contributed by atoms with Gasteiger partial charge in [0.1, 0.15) is 4.21 Å². The van der Waals surface area contributed by atoms with Gasteiger partial charge >= 0.3 is 0 Å². The summed E-state index contributed by atoms with van der Waals surface area (Å²) in [6.07, 6.45) is 2.96. The molecule has 2 atom stereocenters. The summed E-state index contributed by atoms with van der Waals surface area (Å²) in [5.74, 6) is -0.145. The minimum Gasteiger partial charge on any atom is -0.382 e. The van der Waals surface area contributed by atoms with Crippen LogP contribution >= 0.6 is 11.3 Å². The molecule has 0 saturated carbocycles. The maximum absolute atomic E-state index is 13.6. The van der Waals surface area contributed by atoms with Crippen LogP contribution in [0.2, 0.25) is 0 Å². The van der Waals surface area contributed by atoms with E-state index < -0.39 is 16.1 Å². The predicted octanol–water partition coefficient (Wildman–Crippen LogP) is 4.64. The van der Waals surface area contributed by atoms with Gasteiger partial charge in [-0.05, 0) is 60.7 Å². The van der Waals surface area contributed by atoms with Crippen LogP contribution in [0.4, 0.5) is 5.69 Å². The summed E-state index contributed by atoms with van der Waals surface area (Å²) < 4.78 is 33.5. The number of hydrogen-bond acceptors (Lipinski definition) is 6. The number of amides is 1. The molecule has 3 heterocycles. The lowest BCUT2D eigenvalue weighted by Crippen LogP contribution is -2.48. The van der Waals surface area contributed by atoms with Crippen molar-refractivity contribution in [3.05, 3.63) is 59.0 Å². The summed E-state index contributed by atoms with van der Waals surface area (Å²) in [6, 6.07) is 12.1. The molecule has 3 aromatic rings. The molecule has 0 spiro atoms. The highest BCUT2D eigenvalue weighted by molar-refractivity contribution is 7.91. The van der Waals surface area contributed by atoms with Crippen LogP contribution < -0.4 is 4.90 Å². The number of piperidine rings is 1. The fourth-order valence-electron chi connectivity index (χ4n) is 5.26. The highest BCUT2D eigenvalue weighted by atomic mass is 32.2. The minimum absolute atomic E-state index is 0.0390. The third-order valence-corrected chi connectivity index (χ3v) is 10.6. The number of carbonyl (C=O) groups is 2. The number of sulfonamides is 1. The molecule has 190 valence electrons. The Morgan fingerprint density at radius 2 is 2.00 bits per heavy atom. The first-order chi connectivity index (χ1) is 17.3. The lowest BCUT2D eigenvalue weighted by atomic mass is 9.93. The van der Waals surface area contributed by atoms with Crippen LogP contribution in [0.5, 0.6) is 0 Å². The van der Waals surface area contributed by atoms with E-state index >= 15 is 0 Å². The lowest BCUT2D eigenvalue weighted by molar-refractivity contribution is -0.122. The summed E-state index contributed by atoms with van der Waals surface area (Å²) in [5.41, 5.74) is 2.31. The van der Waals surface area contributed by atoms with Crippen molar-refractivity contribution in [1.29, 1.82) is 0 Å². The number of ketones is 1. The number of anilines is 1. The molecule has 2 aliphatic rings. The van der Waals surface area contributed by atoms with Crippen LogP contribution in [0.25, 0.3) is 10.8 Å². The molecule has 1 saturated heterocycles. The van der Waals surface area contributed by atoms with Crippen LogP contribution in [-0.4, -0.2) is 56.8 Å². The summed E-state index contributed by atoms with van der Waals surface area (Å²) in [7, 11) is -2.05. The second-order valence-electron chi connectivity index (χ2n) is 9.47. The van der Waals surface area contributed by atoms with E-state index in [-0.39, 0.29) is 28.4 Å². The van der Waals surface area contributed by atoms with Crippen molar-refractivity contribution in [2.75, 3.05) is 25.1 Å². The average Bonchev–Trinajstić information content (AvgIpc) is 3.53. The molecule has 1 fully saturated rings. The first kappa shape index (κ1) is 25.1. The van der Waals surface area contributed by atoms with Gasteiger partial charge in [-0.15, -0.1) is 11.3 Å². The van der Waals surface area contributed by atoms with Crippen molar-refractivity contribution in [3.63, 3.8) is 0 Å². The smallest absolute Gasteiger partial charge is 0.258 e. The molecule has 0 bridgehead atoms. The Labute approximate surface area is 215 Å². The van der Waals surface area contributed by atoms with Crippen LogP contribution in [0.15, 0.2) is 52.1 Å². The van der Waals surface area contributed by atoms with Crippen LogP contribution in [-0.2, 0) is 26.0 Å². The van der Waals surface area contributed by atoms with Crippen molar-refractivity contribution < 1.29 is 22.7 Å². The molecule has 2 aliphatic heterocycles. The van der Waals surface area contributed by atoms with Gasteiger partial charge in [-0.25, -0.2) is 8.42 Å². The fourth-order valence-corrected chi connectivity index (χ4v) is 8.05. The standard InChI is InChI=1S/C27H30N2O5S2/c1-18(34-2)13-15-28-23-12-11-19(20-7-5-8-21(26(20)23)27(28)31)17-24(30)22-9-3-4-14-29(22)36(32,33)25-10-6-16-35-25/h5-8,10-12,16,18,22H,3-4,9,13-15,17H2,1-2H3. The van der Waals surface area contributed by atoms with Crippen LogP contribution in [0.3, 0.4) is 0 Å². The Bertz CT molecular complexity index is 1400. The van der Waals surface area contributed by atoms with Gasteiger partial charge in [0, 0.05) is 37.6 Å². The summed E-state index contributed by atoms with van der Waals surface area (Å²) in [6.45, 7) is 2.88. The van der Waals surface area contributed by atoms with Gasteiger partial charge in [0.2, 0.25) is 0 Å². The van der Waals surface area contributed by atoms with Crippen molar-refractivity contribution in [1.82, 2.24) is 4.31 Å². The first-order valence-corrected chi connectivity index (χ1v) is 14.6. The molecule has 9 heteroatoms. The van der Waals surface area contributed by atoms with E-state index in [0.717, 1.165) is 34.9 Å².